The van der Waals surface area contributed by atoms with Gasteiger partial charge in [0.2, 0.25) is 0 Å². The topological polar surface area (TPSA) is 36.1 Å². The van der Waals surface area contributed by atoms with Gasteiger partial charge in [0.05, 0.1) is 6.04 Å². The maximum atomic E-state index is 12.8. The van der Waals surface area contributed by atoms with E-state index in [1.807, 2.05) is 35.2 Å². The highest BCUT2D eigenvalue weighted by Gasteiger charge is 2.29. The van der Waals surface area contributed by atoms with Crippen LogP contribution in [0.25, 0.3) is 10.9 Å². The quantitative estimate of drug-likeness (QED) is 0.724. The molecule has 1 atom stereocenters. The van der Waals surface area contributed by atoms with Gasteiger partial charge < -0.3 is 9.88 Å². The fourth-order valence-corrected chi connectivity index (χ4v) is 4.09. The van der Waals surface area contributed by atoms with Crippen LogP contribution >= 0.6 is 11.3 Å². The Morgan fingerprint density at radius 1 is 1.33 bits per heavy atom. The second-order valence-corrected chi connectivity index (χ2v) is 6.49. The fourth-order valence-electron chi connectivity index (χ4n) is 3.13. The van der Waals surface area contributed by atoms with Crippen molar-refractivity contribution in [3.8, 4) is 0 Å². The number of fused-ring (bicyclic) bond motifs is 2. The first-order valence-electron chi connectivity index (χ1n) is 7.19. The summed E-state index contributed by atoms with van der Waals surface area (Å²) in [5, 5.41) is 3.21. The van der Waals surface area contributed by atoms with Gasteiger partial charge in [0.25, 0.3) is 5.91 Å². The van der Waals surface area contributed by atoms with Crippen molar-refractivity contribution in [1.82, 2.24) is 9.88 Å². The summed E-state index contributed by atoms with van der Waals surface area (Å²) in [5.41, 5.74) is 3.00. The van der Waals surface area contributed by atoms with E-state index < -0.39 is 0 Å². The van der Waals surface area contributed by atoms with E-state index in [9.17, 15) is 4.79 Å². The van der Waals surface area contributed by atoms with Crippen LogP contribution in [0.5, 0.6) is 0 Å². The maximum Gasteiger partial charge on any atom is 0.270 e. The van der Waals surface area contributed by atoms with Crippen molar-refractivity contribution in [1.29, 1.82) is 0 Å². The van der Waals surface area contributed by atoms with Gasteiger partial charge in [-0.1, -0.05) is 18.2 Å². The average Bonchev–Trinajstić information content (AvgIpc) is 3.13. The number of thiophene rings is 1. The molecule has 0 saturated heterocycles. The van der Waals surface area contributed by atoms with Gasteiger partial charge in [-0.25, -0.2) is 0 Å². The van der Waals surface area contributed by atoms with Crippen LogP contribution in [-0.2, 0) is 6.42 Å². The number of nitrogens with zero attached hydrogens (tertiary/aromatic N) is 1. The number of benzene rings is 1. The number of aromatic amines is 1. The second-order valence-electron chi connectivity index (χ2n) is 5.49. The van der Waals surface area contributed by atoms with Crippen molar-refractivity contribution in [2.24, 2.45) is 0 Å². The number of carbonyl (C=O) groups excluding carboxylic acids is 1. The van der Waals surface area contributed by atoms with E-state index in [0.29, 0.717) is 5.69 Å². The third kappa shape index (κ3) is 1.98. The van der Waals surface area contributed by atoms with Crippen molar-refractivity contribution in [2.75, 3.05) is 6.54 Å². The molecular weight excluding hydrogens is 280 g/mol. The summed E-state index contributed by atoms with van der Waals surface area (Å²) in [6.45, 7) is 2.91. The molecular formula is C17H16N2OS. The third-order valence-electron chi connectivity index (χ3n) is 4.30. The highest BCUT2D eigenvalue weighted by Crippen LogP contribution is 2.33. The van der Waals surface area contributed by atoms with Gasteiger partial charge in [0.1, 0.15) is 5.69 Å². The summed E-state index contributed by atoms with van der Waals surface area (Å²) in [7, 11) is 0. The molecule has 0 saturated carbocycles. The van der Waals surface area contributed by atoms with Crippen molar-refractivity contribution in [3.05, 3.63) is 57.9 Å². The number of H-pyrrole nitrogens is 1. The molecule has 0 radical (unpaired) electrons. The molecule has 3 heterocycles. The summed E-state index contributed by atoms with van der Waals surface area (Å²) >= 11 is 1.80. The van der Waals surface area contributed by atoms with E-state index in [2.05, 4.69) is 23.4 Å². The van der Waals surface area contributed by atoms with Crippen LogP contribution in [0, 0.1) is 0 Å². The van der Waals surface area contributed by atoms with Crippen LogP contribution in [-0.4, -0.2) is 22.3 Å². The smallest absolute Gasteiger partial charge is 0.270 e. The number of amides is 1. The van der Waals surface area contributed by atoms with E-state index in [0.717, 1.165) is 23.9 Å². The Kier molecular flexibility index (Phi) is 2.86. The highest BCUT2D eigenvalue weighted by atomic mass is 32.1. The lowest BCUT2D eigenvalue weighted by Crippen LogP contribution is -2.38. The van der Waals surface area contributed by atoms with E-state index in [-0.39, 0.29) is 11.9 Å². The van der Waals surface area contributed by atoms with Crippen molar-refractivity contribution in [2.45, 2.75) is 19.4 Å². The number of para-hydroxylation sites is 1. The SMILES string of the molecule is C[C@@H]1c2ccsc2CCN1C(=O)c1cc2ccccc2[nH]1. The largest absolute Gasteiger partial charge is 0.351 e. The molecule has 4 heteroatoms. The minimum absolute atomic E-state index is 0.0931. The fraction of sp³-hybridized carbons (Fsp3) is 0.235. The number of hydrogen-bond donors (Lipinski definition) is 1. The number of carbonyl (C=O) groups is 1. The zero-order chi connectivity index (χ0) is 14.4. The van der Waals surface area contributed by atoms with Crippen LogP contribution in [0.2, 0.25) is 0 Å². The summed E-state index contributed by atoms with van der Waals surface area (Å²) in [6.07, 6.45) is 0.962. The number of hydrogen-bond acceptors (Lipinski definition) is 2. The number of nitrogens with one attached hydrogen (secondary N) is 1. The first-order valence-corrected chi connectivity index (χ1v) is 8.07. The normalized spacial score (nSPS) is 18.0. The van der Waals surface area contributed by atoms with Gasteiger partial charge in [0, 0.05) is 22.3 Å². The molecule has 21 heavy (non-hydrogen) atoms. The minimum atomic E-state index is 0.0931. The van der Waals surface area contributed by atoms with Gasteiger partial charge in [-0.05, 0) is 42.5 Å². The Labute approximate surface area is 127 Å². The van der Waals surface area contributed by atoms with Crippen LogP contribution < -0.4 is 0 Å². The van der Waals surface area contributed by atoms with Crippen LogP contribution in [0.3, 0.4) is 0 Å². The van der Waals surface area contributed by atoms with Crippen molar-refractivity contribution < 1.29 is 4.79 Å². The lowest BCUT2D eigenvalue weighted by molar-refractivity contribution is 0.0674. The van der Waals surface area contributed by atoms with Gasteiger partial charge in [-0.15, -0.1) is 11.3 Å². The van der Waals surface area contributed by atoms with Crippen molar-refractivity contribution >= 4 is 28.1 Å². The molecule has 0 unspecified atom stereocenters. The Balaban J connectivity index is 1.69. The Morgan fingerprint density at radius 3 is 3.05 bits per heavy atom. The lowest BCUT2D eigenvalue weighted by Gasteiger charge is -2.33. The molecule has 106 valence electrons. The molecule has 1 aromatic carbocycles. The molecule has 4 rings (SSSR count). The number of aromatic nitrogens is 1. The summed E-state index contributed by atoms with van der Waals surface area (Å²) in [6, 6.07) is 12.3. The zero-order valence-electron chi connectivity index (χ0n) is 11.8. The zero-order valence-corrected chi connectivity index (χ0v) is 12.6. The molecule has 3 aromatic rings. The Morgan fingerprint density at radius 2 is 2.19 bits per heavy atom. The maximum absolute atomic E-state index is 12.8. The molecule has 1 aliphatic heterocycles. The minimum Gasteiger partial charge on any atom is -0.351 e. The summed E-state index contributed by atoms with van der Waals surface area (Å²) in [5.74, 6) is 0.0931. The van der Waals surface area contributed by atoms with Crippen LogP contribution in [0.15, 0.2) is 41.8 Å². The van der Waals surface area contributed by atoms with Gasteiger partial charge in [-0.2, -0.15) is 0 Å². The first kappa shape index (κ1) is 12.7. The van der Waals surface area contributed by atoms with Crippen LogP contribution in [0.1, 0.15) is 33.9 Å². The molecule has 1 N–H and O–H groups in total. The van der Waals surface area contributed by atoms with E-state index in [1.54, 1.807) is 11.3 Å². The molecule has 0 bridgehead atoms. The summed E-state index contributed by atoms with van der Waals surface area (Å²) in [4.78, 5) is 19.4. The molecule has 1 amide bonds. The predicted octanol–water partition coefficient (Wildman–Crippen LogP) is 3.99. The molecule has 0 fully saturated rings. The van der Waals surface area contributed by atoms with Crippen molar-refractivity contribution in [3.63, 3.8) is 0 Å². The van der Waals surface area contributed by atoms with E-state index in [1.165, 1.54) is 10.4 Å². The first-order chi connectivity index (χ1) is 10.2. The highest BCUT2D eigenvalue weighted by molar-refractivity contribution is 7.10. The summed E-state index contributed by atoms with van der Waals surface area (Å²) < 4.78 is 0. The predicted molar refractivity (Wildman–Crippen MR) is 85.8 cm³/mol. The van der Waals surface area contributed by atoms with Crippen LogP contribution in [0.4, 0.5) is 0 Å². The standard InChI is InChI=1S/C17H16N2OS/c1-11-13-7-9-21-16(13)6-8-19(11)17(20)15-10-12-4-2-3-5-14(12)18-15/h2-5,7,9-11,18H,6,8H2,1H3/t11-/m1/s1. The lowest BCUT2D eigenvalue weighted by atomic mass is 10.0. The van der Waals surface area contributed by atoms with E-state index in [4.69, 9.17) is 0 Å². The molecule has 1 aliphatic rings. The van der Waals surface area contributed by atoms with Gasteiger partial charge in [0.15, 0.2) is 0 Å². The Hall–Kier alpha value is -2.07. The Bertz CT molecular complexity index is 784. The average molecular weight is 296 g/mol. The monoisotopic (exact) mass is 296 g/mol. The van der Waals surface area contributed by atoms with E-state index >= 15 is 0 Å². The second kappa shape index (κ2) is 4.74. The van der Waals surface area contributed by atoms with Gasteiger partial charge >= 0.3 is 0 Å². The molecule has 3 nitrogen and oxygen atoms in total. The molecule has 0 aliphatic carbocycles. The van der Waals surface area contributed by atoms with Gasteiger partial charge in [-0.3, -0.25) is 4.79 Å². The third-order valence-corrected chi connectivity index (χ3v) is 5.29. The molecule has 0 spiro atoms. The molecule has 2 aromatic heterocycles. The number of rotatable bonds is 1.